The molecule has 0 unspecified atom stereocenters. The molecule has 0 spiro atoms. The minimum atomic E-state index is -0.184. The molecular weight excluding hydrogens is 335 g/mol. The zero-order valence-corrected chi connectivity index (χ0v) is 15.3. The maximum absolute atomic E-state index is 13.4. The van der Waals surface area contributed by atoms with Crippen LogP contribution in [0.15, 0.2) is 30.5 Å². The van der Waals surface area contributed by atoms with E-state index in [1.807, 2.05) is 23.6 Å². The molecule has 4 rings (SSSR count). The molecule has 2 aliphatic rings. The molecule has 0 radical (unpaired) electrons. The fraction of sp³-hybridized carbons (Fsp3) is 0.526. The second kappa shape index (κ2) is 7.70. The van der Waals surface area contributed by atoms with Crippen molar-refractivity contribution in [3.63, 3.8) is 0 Å². The van der Waals surface area contributed by atoms with Gasteiger partial charge in [0.2, 0.25) is 0 Å². The summed E-state index contributed by atoms with van der Waals surface area (Å²) >= 11 is 1.83. The largest absolute Gasteiger partial charge is 0.381 e. The van der Waals surface area contributed by atoms with Gasteiger partial charge < -0.3 is 10.2 Å². The van der Waals surface area contributed by atoms with E-state index in [9.17, 15) is 4.39 Å². The average molecular weight is 361 g/mol. The zero-order valence-electron chi connectivity index (χ0n) is 14.5. The molecule has 134 valence electrons. The van der Waals surface area contributed by atoms with Crippen LogP contribution < -0.4 is 10.2 Å². The molecule has 1 aromatic carbocycles. The first-order valence-electron chi connectivity index (χ1n) is 9.20. The third-order valence-corrected chi connectivity index (χ3v) is 6.04. The van der Waals surface area contributed by atoms with Gasteiger partial charge in [-0.2, -0.15) is 0 Å². The van der Waals surface area contributed by atoms with E-state index in [0.717, 1.165) is 44.8 Å². The SMILES string of the molecule is Fc1cccc(N[C@@H]2CCCN(Cc3cnc(N4CCCC4)s3)C2)c1. The van der Waals surface area contributed by atoms with Crippen LogP contribution in [0.2, 0.25) is 0 Å². The molecule has 0 bridgehead atoms. The predicted molar refractivity (Wildman–Crippen MR) is 102 cm³/mol. The van der Waals surface area contributed by atoms with Gasteiger partial charge in [-0.1, -0.05) is 6.07 Å². The van der Waals surface area contributed by atoms with Gasteiger partial charge in [0.1, 0.15) is 5.82 Å². The van der Waals surface area contributed by atoms with Crippen LogP contribution >= 0.6 is 11.3 Å². The van der Waals surface area contributed by atoms with Crippen LogP contribution in [0.4, 0.5) is 15.2 Å². The van der Waals surface area contributed by atoms with Gasteiger partial charge in [-0.15, -0.1) is 11.3 Å². The number of hydrogen-bond donors (Lipinski definition) is 1. The van der Waals surface area contributed by atoms with Crippen molar-refractivity contribution in [1.29, 1.82) is 0 Å². The number of halogens is 1. The van der Waals surface area contributed by atoms with Gasteiger partial charge in [0.05, 0.1) is 0 Å². The van der Waals surface area contributed by atoms with Gasteiger partial charge in [-0.3, -0.25) is 4.90 Å². The Hall–Kier alpha value is -1.66. The van der Waals surface area contributed by atoms with Gasteiger partial charge >= 0.3 is 0 Å². The van der Waals surface area contributed by atoms with Crippen molar-refractivity contribution < 1.29 is 4.39 Å². The standard InChI is InChI=1S/C19H25FN4S/c20-15-5-3-6-16(11-15)22-17-7-4-8-23(13-17)14-18-12-21-19(25-18)24-9-1-2-10-24/h3,5-6,11-12,17,22H,1-2,4,7-10,13-14H2/t17-/m1/s1. The summed E-state index contributed by atoms with van der Waals surface area (Å²) in [5, 5.41) is 4.66. The number of aromatic nitrogens is 1. The second-order valence-corrected chi connectivity index (χ2v) is 8.13. The van der Waals surface area contributed by atoms with E-state index < -0.39 is 0 Å². The third kappa shape index (κ3) is 4.30. The van der Waals surface area contributed by atoms with E-state index in [-0.39, 0.29) is 5.82 Å². The van der Waals surface area contributed by atoms with Gasteiger partial charge in [-0.25, -0.2) is 9.37 Å². The van der Waals surface area contributed by atoms with Gasteiger partial charge in [-0.05, 0) is 50.4 Å². The van der Waals surface area contributed by atoms with Crippen molar-refractivity contribution in [2.24, 2.45) is 0 Å². The Bertz CT molecular complexity index is 698. The lowest BCUT2D eigenvalue weighted by molar-refractivity contribution is 0.210. The molecule has 1 atom stereocenters. The first-order chi connectivity index (χ1) is 12.3. The van der Waals surface area contributed by atoms with E-state index in [1.165, 1.54) is 35.3 Å². The van der Waals surface area contributed by atoms with Crippen molar-refractivity contribution in [3.05, 3.63) is 41.2 Å². The molecule has 0 amide bonds. The number of rotatable bonds is 5. The van der Waals surface area contributed by atoms with Gasteiger partial charge in [0, 0.05) is 49.0 Å². The summed E-state index contributed by atoms with van der Waals surface area (Å²) in [6.07, 6.45) is 6.92. The number of piperidine rings is 1. The molecule has 1 aromatic heterocycles. The highest BCUT2D eigenvalue weighted by molar-refractivity contribution is 7.15. The Morgan fingerprint density at radius 3 is 2.92 bits per heavy atom. The number of benzene rings is 1. The lowest BCUT2D eigenvalue weighted by Crippen LogP contribution is -2.41. The molecule has 3 heterocycles. The fourth-order valence-corrected chi connectivity index (χ4v) is 4.78. The highest BCUT2D eigenvalue weighted by Gasteiger charge is 2.21. The van der Waals surface area contributed by atoms with E-state index in [4.69, 9.17) is 0 Å². The van der Waals surface area contributed by atoms with Crippen LogP contribution in [0.3, 0.4) is 0 Å². The van der Waals surface area contributed by atoms with Crippen molar-refractivity contribution in [3.8, 4) is 0 Å². The second-order valence-electron chi connectivity index (χ2n) is 7.03. The minimum absolute atomic E-state index is 0.184. The van der Waals surface area contributed by atoms with E-state index in [1.54, 1.807) is 12.1 Å². The number of likely N-dealkylation sites (tertiary alicyclic amines) is 1. The summed E-state index contributed by atoms with van der Waals surface area (Å²) in [5.74, 6) is -0.184. The molecule has 2 fully saturated rings. The summed E-state index contributed by atoms with van der Waals surface area (Å²) in [4.78, 5) is 10.9. The van der Waals surface area contributed by atoms with Crippen LogP contribution in [0.1, 0.15) is 30.6 Å². The van der Waals surface area contributed by atoms with Crippen molar-refractivity contribution >= 4 is 22.2 Å². The van der Waals surface area contributed by atoms with E-state index >= 15 is 0 Å². The van der Waals surface area contributed by atoms with Crippen molar-refractivity contribution in [2.75, 3.05) is 36.4 Å². The quantitative estimate of drug-likeness (QED) is 0.875. The molecule has 0 aliphatic carbocycles. The molecule has 0 saturated carbocycles. The summed E-state index contributed by atoms with van der Waals surface area (Å²) < 4.78 is 13.4. The van der Waals surface area contributed by atoms with Crippen LogP contribution in [-0.4, -0.2) is 42.1 Å². The lowest BCUT2D eigenvalue weighted by Gasteiger charge is -2.33. The molecular formula is C19H25FN4S. The van der Waals surface area contributed by atoms with Crippen LogP contribution in [-0.2, 0) is 6.54 Å². The number of thiazole rings is 1. The number of hydrogen-bond acceptors (Lipinski definition) is 5. The predicted octanol–water partition coefficient (Wildman–Crippen LogP) is 3.96. The number of nitrogens with one attached hydrogen (secondary N) is 1. The maximum Gasteiger partial charge on any atom is 0.185 e. The Balaban J connectivity index is 1.33. The van der Waals surface area contributed by atoms with E-state index in [2.05, 4.69) is 20.1 Å². The Morgan fingerprint density at radius 2 is 2.08 bits per heavy atom. The molecule has 25 heavy (non-hydrogen) atoms. The van der Waals surface area contributed by atoms with Crippen molar-refractivity contribution in [2.45, 2.75) is 38.3 Å². The zero-order chi connectivity index (χ0) is 17.1. The fourth-order valence-electron chi connectivity index (χ4n) is 3.78. The molecule has 1 N–H and O–H groups in total. The number of nitrogens with zero attached hydrogens (tertiary/aromatic N) is 3. The first kappa shape index (κ1) is 16.8. The molecule has 4 nitrogen and oxygen atoms in total. The van der Waals surface area contributed by atoms with Gasteiger partial charge in [0.25, 0.3) is 0 Å². The summed E-state index contributed by atoms with van der Waals surface area (Å²) in [6.45, 7) is 5.38. The van der Waals surface area contributed by atoms with Crippen LogP contribution in [0.25, 0.3) is 0 Å². The highest BCUT2D eigenvalue weighted by atomic mass is 32.1. The molecule has 2 aromatic rings. The summed E-state index contributed by atoms with van der Waals surface area (Å²) in [5.41, 5.74) is 0.876. The van der Waals surface area contributed by atoms with Crippen LogP contribution in [0, 0.1) is 5.82 Å². The van der Waals surface area contributed by atoms with Crippen molar-refractivity contribution in [1.82, 2.24) is 9.88 Å². The molecule has 2 aliphatic heterocycles. The highest BCUT2D eigenvalue weighted by Crippen LogP contribution is 2.27. The maximum atomic E-state index is 13.4. The normalized spacial score (nSPS) is 21.6. The van der Waals surface area contributed by atoms with Crippen LogP contribution in [0.5, 0.6) is 0 Å². The van der Waals surface area contributed by atoms with E-state index in [0.29, 0.717) is 6.04 Å². The molecule has 2 saturated heterocycles. The topological polar surface area (TPSA) is 31.4 Å². The first-order valence-corrected chi connectivity index (χ1v) is 10.0. The Kier molecular flexibility index (Phi) is 5.17. The lowest BCUT2D eigenvalue weighted by atomic mass is 10.1. The Labute approximate surface area is 152 Å². The van der Waals surface area contributed by atoms with Gasteiger partial charge in [0.15, 0.2) is 5.13 Å². The smallest absolute Gasteiger partial charge is 0.185 e. The summed E-state index contributed by atoms with van der Waals surface area (Å²) in [6, 6.07) is 7.13. The summed E-state index contributed by atoms with van der Waals surface area (Å²) in [7, 11) is 0. The monoisotopic (exact) mass is 360 g/mol. The third-order valence-electron chi connectivity index (χ3n) is 5.00. The Morgan fingerprint density at radius 1 is 1.20 bits per heavy atom. The number of anilines is 2. The minimum Gasteiger partial charge on any atom is -0.381 e. The average Bonchev–Trinajstić information content (AvgIpc) is 3.26. The molecule has 6 heteroatoms.